The summed E-state index contributed by atoms with van der Waals surface area (Å²) in [4.78, 5) is 84.2. The van der Waals surface area contributed by atoms with Gasteiger partial charge in [-0.2, -0.15) is 20.4 Å². The first-order valence-corrected chi connectivity index (χ1v) is 40.7. The number of piperidine rings is 1. The summed E-state index contributed by atoms with van der Waals surface area (Å²) < 4.78 is 30.2. The second-order valence-corrected chi connectivity index (χ2v) is 36.5. The van der Waals surface area contributed by atoms with Crippen LogP contribution in [-0.2, 0) is 78.0 Å². The molecular formula is C83H97Cl3N20O8. The number of hydrogen-bond donors (Lipinski definition) is 4. The summed E-state index contributed by atoms with van der Waals surface area (Å²) in [5, 5.41) is 24.0. The smallest absolute Gasteiger partial charge is 0.410 e. The van der Waals surface area contributed by atoms with E-state index in [2.05, 4.69) is 102 Å². The molecule has 5 N–H and O–H groups in total. The molecule has 0 atom stereocenters. The number of fused-ring (bicyclic) bond motifs is 11. The average Bonchev–Trinajstić information content (AvgIpc) is 1.58. The molecule has 114 heavy (non-hydrogen) atoms. The van der Waals surface area contributed by atoms with Crippen LogP contribution < -0.4 is 5.73 Å². The molecule has 598 valence electrons. The van der Waals surface area contributed by atoms with Gasteiger partial charge in [0, 0.05) is 218 Å². The van der Waals surface area contributed by atoms with Gasteiger partial charge in [-0.25, -0.2) is 34.3 Å². The standard InChI is InChI=1S/C23H26ClN5O2.C22H26ClN5O2.C20H22ClN5O2.C18H23N5O2/c24-18-14-26-21-17(18)11-16(13-25-21)19-12-20-23(5-8-29(20)27-19)3-6-28(7-4-23)22(30)15-1-9-31-10-2-15;1-5-14-15-8-13(10-24-19(15)25-18(14)23)16-9-17-22(6-7-28(17)26-16)11-27(12-22)20(29)30-21(2,3)4;1-19(2,3)28-18(27)25-10-20(11-25)4-5-26-16(20)7-15(24-26)12-6-13-14(21)9-23-17(13)22-8-12;1-17(2,3)25-16(24)22-10-18(11-22)6-7-23-14(18)8-13(21-23)12-4-5-15(19)20-9-12/h11-15H,1-10H2,(H,25,26);8-10H,5-7,11-12H2,1-4H3,(H,24,25);6-9H,4-5,10-11H2,1-3H3,(H,22,23);4-5,8-9H,6-7,10-11H2,1-3H3,(H2,19,20). The van der Waals surface area contributed by atoms with E-state index in [4.69, 9.17) is 79.9 Å². The molecule has 11 aromatic rings. The molecule has 5 fully saturated rings. The van der Waals surface area contributed by atoms with Gasteiger partial charge < -0.3 is 59.2 Å². The number of likely N-dealkylation sites (tertiary alicyclic amines) is 4. The van der Waals surface area contributed by atoms with E-state index in [1.54, 1.807) is 39.4 Å². The molecule has 4 amide bonds. The first-order valence-electron chi connectivity index (χ1n) is 39.6. The van der Waals surface area contributed by atoms with Crippen molar-refractivity contribution < 1.29 is 38.1 Å². The van der Waals surface area contributed by atoms with Crippen LogP contribution in [0.15, 0.2) is 91.8 Å². The van der Waals surface area contributed by atoms with Crippen molar-refractivity contribution in [2.24, 2.45) is 5.92 Å². The van der Waals surface area contributed by atoms with Gasteiger partial charge >= 0.3 is 18.3 Å². The summed E-state index contributed by atoms with van der Waals surface area (Å²) in [5.74, 6) is 0.971. The van der Waals surface area contributed by atoms with Crippen molar-refractivity contribution in [1.82, 2.24) is 93.6 Å². The van der Waals surface area contributed by atoms with Gasteiger partial charge in [0.25, 0.3) is 0 Å². The van der Waals surface area contributed by atoms with Gasteiger partial charge in [-0.15, -0.1) is 0 Å². The lowest BCUT2D eigenvalue weighted by Crippen LogP contribution is -2.61. The maximum Gasteiger partial charge on any atom is 0.410 e. The summed E-state index contributed by atoms with van der Waals surface area (Å²) in [7, 11) is 0. The summed E-state index contributed by atoms with van der Waals surface area (Å²) in [6.07, 6.45) is 18.7. The minimum atomic E-state index is -0.478. The molecule has 0 radical (unpaired) electrons. The first kappa shape index (κ1) is 76.6. The lowest BCUT2D eigenvalue weighted by Gasteiger charge is -2.47. The van der Waals surface area contributed by atoms with Crippen molar-refractivity contribution in [3.8, 4) is 45.0 Å². The second kappa shape index (κ2) is 28.8. The van der Waals surface area contributed by atoms with Crippen LogP contribution in [0.2, 0.25) is 15.2 Å². The molecule has 9 aliphatic rings. The normalized spacial score (nSPS) is 18.7. The number of hydrogen-bond acceptors (Lipinski definition) is 17. The molecule has 0 aliphatic carbocycles. The lowest BCUT2D eigenvalue weighted by molar-refractivity contribution is -0.140. The van der Waals surface area contributed by atoms with E-state index in [1.807, 2.05) is 93.0 Å². The van der Waals surface area contributed by atoms with Crippen molar-refractivity contribution in [2.45, 2.75) is 192 Å². The quantitative estimate of drug-likeness (QED) is 0.112. The van der Waals surface area contributed by atoms with Crippen LogP contribution in [0.4, 0.5) is 20.2 Å². The van der Waals surface area contributed by atoms with Gasteiger partial charge in [0.05, 0.1) is 32.8 Å². The Balaban J connectivity index is 0.000000110. The fraction of sp³-hybridized carbons (Fsp3) is 0.494. The molecule has 0 aromatic carbocycles. The van der Waals surface area contributed by atoms with Crippen LogP contribution in [0.1, 0.15) is 149 Å². The summed E-state index contributed by atoms with van der Waals surface area (Å²) in [6.45, 7) is 29.8. The number of nitrogens with one attached hydrogen (secondary N) is 3. The van der Waals surface area contributed by atoms with Crippen LogP contribution in [-0.4, -0.2) is 200 Å². The highest BCUT2D eigenvalue weighted by atomic mass is 35.5. The maximum atomic E-state index is 12.9. The predicted molar refractivity (Wildman–Crippen MR) is 434 cm³/mol. The zero-order valence-corrected chi connectivity index (χ0v) is 68.4. The number of anilines is 1. The number of carbonyl (C=O) groups excluding carboxylic acids is 4. The molecule has 9 aliphatic heterocycles. The van der Waals surface area contributed by atoms with E-state index < -0.39 is 16.8 Å². The Hall–Kier alpha value is -10.0. The summed E-state index contributed by atoms with van der Waals surface area (Å²) >= 11 is 18.8. The predicted octanol–water partition coefficient (Wildman–Crippen LogP) is 14.7. The second-order valence-electron chi connectivity index (χ2n) is 35.3. The topological polar surface area (TPSA) is 314 Å². The summed E-state index contributed by atoms with van der Waals surface area (Å²) in [5.41, 5.74) is 20.1. The first-order chi connectivity index (χ1) is 54.3. The van der Waals surface area contributed by atoms with Gasteiger partial charge in [0.15, 0.2) is 0 Å². The molecule has 31 heteroatoms. The van der Waals surface area contributed by atoms with Gasteiger partial charge in [-0.1, -0.05) is 41.7 Å². The van der Waals surface area contributed by atoms with Crippen LogP contribution in [0.25, 0.3) is 78.1 Å². The number of carbonyl (C=O) groups is 4. The Bertz CT molecular complexity index is 5540. The van der Waals surface area contributed by atoms with Gasteiger partial charge in [0.1, 0.15) is 44.7 Å². The summed E-state index contributed by atoms with van der Waals surface area (Å²) in [6, 6.07) is 18.5. The molecule has 0 bridgehead atoms. The third-order valence-corrected chi connectivity index (χ3v) is 25.0. The average molecular weight is 1610 g/mol. The molecule has 0 unspecified atom stereocenters. The highest BCUT2D eigenvalue weighted by molar-refractivity contribution is 6.36. The number of pyridine rings is 4. The Labute approximate surface area is 675 Å². The fourth-order valence-electron chi connectivity index (χ4n) is 18.0. The molecule has 4 spiro atoms. The number of nitrogen functional groups attached to an aromatic ring is 1. The number of nitrogens with zero attached hydrogens (tertiary/aromatic N) is 16. The number of aromatic amines is 3. The molecule has 20 heterocycles. The Morgan fingerprint density at radius 1 is 0.474 bits per heavy atom. The number of nitrogens with two attached hydrogens (primary N) is 1. The third-order valence-electron chi connectivity index (χ3n) is 24.0. The molecule has 0 saturated carbocycles. The van der Waals surface area contributed by atoms with E-state index in [0.29, 0.717) is 79.4 Å². The highest BCUT2D eigenvalue weighted by Crippen LogP contribution is 2.50. The molecular weight excluding hydrogens is 1510 g/mol. The van der Waals surface area contributed by atoms with Crippen molar-refractivity contribution in [3.63, 3.8) is 0 Å². The minimum Gasteiger partial charge on any atom is -0.444 e. The van der Waals surface area contributed by atoms with Crippen molar-refractivity contribution in [3.05, 3.63) is 135 Å². The number of H-pyrrole nitrogens is 3. The van der Waals surface area contributed by atoms with Gasteiger partial charge in [-0.05, 0) is 180 Å². The molecule has 28 nitrogen and oxygen atoms in total. The molecule has 5 saturated heterocycles. The zero-order chi connectivity index (χ0) is 79.8. The van der Waals surface area contributed by atoms with E-state index in [0.717, 1.165) is 181 Å². The van der Waals surface area contributed by atoms with Gasteiger partial charge in [-0.3, -0.25) is 23.5 Å². The SMILES string of the molecule is CC(C)(C)OC(=O)N1CC2(CCn3nc(-c4ccc(N)nc4)cc32)C1.CC(C)(C)OC(=O)N1CC2(CCn3nc(-c4cnc5[nH]cc(Cl)c5c4)cc32)C1.CCc1c(Cl)[nH]c2ncc(-c3cc4n(n3)CCC43CN(C(=O)OC(C)(C)C)C3)cc12.O=C(C1CCOCC1)N1CCC2(CC1)CCn1nc(-c3cnc4[nH]cc(Cl)c4c3)cc12. The van der Waals surface area contributed by atoms with Crippen molar-refractivity contribution >= 4 is 97.9 Å². The highest BCUT2D eigenvalue weighted by Gasteiger charge is 2.55. The Morgan fingerprint density at radius 2 is 0.833 bits per heavy atom. The number of aromatic nitrogens is 15. The van der Waals surface area contributed by atoms with E-state index in [9.17, 15) is 19.2 Å². The maximum absolute atomic E-state index is 12.9. The Kier molecular flexibility index (Phi) is 19.3. The molecule has 11 aromatic heterocycles. The van der Waals surface area contributed by atoms with Crippen LogP contribution in [0.3, 0.4) is 0 Å². The van der Waals surface area contributed by atoms with E-state index in [1.165, 1.54) is 22.8 Å². The largest absolute Gasteiger partial charge is 0.444 e. The number of aryl methyl sites for hydroxylation is 5. The van der Waals surface area contributed by atoms with Crippen molar-refractivity contribution in [2.75, 3.05) is 71.3 Å². The van der Waals surface area contributed by atoms with Crippen LogP contribution in [0, 0.1) is 5.92 Å². The minimum absolute atomic E-state index is 0.00336. The molecule has 20 rings (SSSR count). The van der Waals surface area contributed by atoms with Gasteiger partial charge in [0.2, 0.25) is 5.91 Å². The monoisotopic (exact) mass is 1610 g/mol. The fourth-order valence-corrected chi connectivity index (χ4v) is 18.7. The Morgan fingerprint density at radius 3 is 1.22 bits per heavy atom. The lowest BCUT2D eigenvalue weighted by atomic mass is 9.74. The zero-order valence-electron chi connectivity index (χ0n) is 66.1. The number of rotatable bonds is 6. The van der Waals surface area contributed by atoms with Crippen LogP contribution >= 0.6 is 34.8 Å². The van der Waals surface area contributed by atoms with E-state index in [-0.39, 0.29) is 45.9 Å². The number of ether oxygens (including phenoxy) is 4. The van der Waals surface area contributed by atoms with E-state index >= 15 is 0 Å². The van der Waals surface area contributed by atoms with Crippen LogP contribution in [0.5, 0.6) is 0 Å². The number of amides is 4. The number of halogens is 3. The third kappa shape index (κ3) is 14.5. The van der Waals surface area contributed by atoms with Crippen molar-refractivity contribution in [1.29, 1.82) is 0 Å².